The first-order valence-electron chi connectivity index (χ1n) is 6.33. The van der Waals surface area contributed by atoms with Gasteiger partial charge >= 0.3 is 6.03 Å². The molecule has 1 aliphatic rings. The van der Waals surface area contributed by atoms with Gasteiger partial charge in [-0.05, 0) is 28.6 Å². The Morgan fingerprint density at radius 1 is 1.62 bits per heavy atom. The fourth-order valence-electron chi connectivity index (χ4n) is 2.01. The van der Waals surface area contributed by atoms with Crippen molar-refractivity contribution in [2.24, 2.45) is 0 Å². The lowest BCUT2D eigenvalue weighted by molar-refractivity contribution is -0.0132. The molecule has 1 atom stereocenters. The highest BCUT2D eigenvalue weighted by Crippen LogP contribution is 2.25. The minimum Gasteiger partial charge on any atom is -0.370 e. The molecule has 9 heteroatoms. The Labute approximate surface area is 134 Å². The number of rotatable bonds is 3. The fourth-order valence-corrected chi connectivity index (χ4v) is 3.83. The second-order valence-electron chi connectivity index (χ2n) is 4.38. The van der Waals surface area contributed by atoms with E-state index in [1.807, 2.05) is 17.7 Å². The molecule has 1 aliphatic heterocycles. The largest absolute Gasteiger partial charge is 0.370 e. The van der Waals surface area contributed by atoms with Crippen molar-refractivity contribution in [2.45, 2.75) is 11.3 Å². The van der Waals surface area contributed by atoms with Gasteiger partial charge in [0.1, 0.15) is 6.10 Å². The predicted octanol–water partition coefficient (Wildman–Crippen LogP) is 2.93. The molecule has 3 rings (SSSR count). The fraction of sp³-hybridized carbons (Fsp3) is 0.417. The zero-order valence-corrected chi connectivity index (χ0v) is 13.8. The van der Waals surface area contributed by atoms with Crippen LogP contribution in [-0.4, -0.2) is 46.2 Å². The smallest absolute Gasteiger partial charge is 0.323 e. The molecular formula is C12H14N4O2S3. The Kier molecular flexibility index (Phi) is 4.73. The maximum Gasteiger partial charge on any atom is 0.323 e. The molecule has 1 N–H and O–H groups in total. The Morgan fingerprint density at radius 3 is 3.24 bits per heavy atom. The predicted molar refractivity (Wildman–Crippen MR) is 85.3 cm³/mol. The van der Waals surface area contributed by atoms with E-state index in [2.05, 4.69) is 20.1 Å². The van der Waals surface area contributed by atoms with Crippen molar-refractivity contribution in [3.8, 4) is 0 Å². The molecule has 2 aromatic rings. The quantitative estimate of drug-likeness (QED) is 0.869. The molecule has 0 saturated carbocycles. The van der Waals surface area contributed by atoms with Crippen molar-refractivity contribution in [1.82, 2.24) is 14.3 Å². The van der Waals surface area contributed by atoms with E-state index in [0.717, 1.165) is 5.56 Å². The molecule has 112 valence electrons. The molecular weight excluding hydrogens is 328 g/mol. The highest BCUT2D eigenvalue weighted by molar-refractivity contribution is 7.98. The van der Waals surface area contributed by atoms with E-state index in [0.29, 0.717) is 30.0 Å². The number of thioether (sulfide) groups is 1. The van der Waals surface area contributed by atoms with Crippen molar-refractivity contribution in [2.75, 3.05) is 31.3 Å². The van der Waals surface area contributed by atoms with Crippen LogP contribution in [0.1, 0.15) is 11.7 Å². The van der Waals surface area contributed by atoms with E-state index >= 15 is 0 Å². The maximum absolute atomic E-state index is 12.3. The number of nitrogens with zero attached hydrogens (tertiary/aromatic N) is 3. The number of urea groups is 1. The molecule has 1 saturated heterocycles. The van der Waals surface area contributed by atoms with E-state index in [1.165, 1.54) is 23.3 Å². The van der Waals surface area contributed by atoms with Crippen LogP contribution < -0.4 is 5.32 Å². The van der Waals surface area contributed by atoms with Gasteiger partial charge in [-0.25, -0.2) is 4.79 Å². The molecule has 0 bridgehead atoms. The first-order valence-corrected chi connectivity index (χ1v) is 9.27. The van der Waals surface area contributed by atoms with Crippen LogP contribution in [-0.2, 0) is 4.74 Å². The summed E-state index contributed by atoms with van der Waals surface area (Å²) in [6.45, 7) is 1.68. The van der Waals surface area contributed by atoms with Crippen molar-refractivity contribution in [3.05, 3.63) is 22.4 Å². The van der Waals surface area contributed by atoms with Crippen molar-refractivity contribution in [3.63, 3.8) is 0 Å². The van der Waals surface area contributed by atoms with Gasteiger partial charge in [0, 0.05) is 18.1 Å². The van der Waals surface area contributed by atoms with Gasteiger partial charge in [-0.2, -0.15) is 20.7 Å². The zero-order chi connectivity index (χ0) is 14.7. The lowest BCUT2D eigenvalue weighted by atomic mass is 10.1. The van der Waals surface area contributed by atoms with Crippen molar-refractivity contribution < 1.29 is 9.53 Å². The summed E-state index contributed by atoms with van der Waals surface area (Å²) < 4.78 is 9.86. The monoisotopic (exact) mass is 342 g/mol. The summed E-state index contributed by atoms with van der Waals surface area (Å²) in [7, 11) is 0. The lowest BCUT2D eigenvalue weighted by Gasteiger charge is -2.32. The van der Waals surface area contributed by atoms with Crippen LogP contribution in [0.4, 0.5) is 9.93 Å². The van der Waals surface area contributed by atoms with E-state index in [1.54, 1.807) is 16.2 Å². The van der Waals surface area contributed by atoms with Crippen LogP contribution in [0, 0.1) is 0 Å². The second kappa shape index (κ2) is 6.73. The highest BCUT2D eigenvalue weighted by Gasteiger charge is 2.26. The van der Waals surface area contributed by atoms with E-state index < -0.39 is 0 Å². The van der Waals surface area contributed by atoms with Crippen molar-refractivity contribution >= 4 is 45.8 Å². The van der Waals surface area contributed by atoms with Crippen LogP contribution in [0.5, 0.6) is 0 Å². The SMILES string of the molecule is CSc1nsc(NC(=O)N2CCOC(c3ccsc3)C2)n1. The number of nitrogens with one attached hydrogen (secondary N) is 1. The summed E-state index contributed by atoms with van der Waals surface area (Å²) in [5.41, 5.74) is 1.12. The summed E-state index contributed by atoms with van der Waals surface area (Å²) in [6.07, 6.45) is 1.85. The molecule has 21 heavy (non-hydrogen) atoms. The van der Waals surface area contributed by atoms with E-state index in [9.17, 15) is 4.79 Å². The number of ether oxygens (including phenoxy) is 1. The molecule has 1 fully saturated rings. The molecule has 0 aliphatic carbocycles. The van der Waals surface area contributed by atoms with E-state index in [-0.39, 0.29) is 12.1 Å². The number of carbonyl (C=O) groups excluding carboxylic acids is 1. The first-order chi connectivity index (χ1) is 10.3. The maximum atomic E-state index is 12.3. The Bertz CT molecular complexity index is 601. The Hall–Kier alpha value is -1.16. The van der Waals surface area contributed by atoms with Gasteiger partial charge in [-0.1, -0.05) is 11.8 Å². The number of carbonyl (C=O) groups is 1. The average molecular weight is 342 g/mol. The van der Waals surface area contributed by atoms with Gasteiger partial charge in [0.15, 0.2) is 0 Å². The standard InChI is InChI=1S/C12H14N4O2S3/c1-19-11-13-10(21-15-11)14-12(17)16-3-4-18-9(6-16)8-2-5-20-7-8/h2,5,7,9H,3-4,6H2,1H3,(H,13,14,15,17). The Morgan fingerprint density at radius 2 is 2.52 bits per heavy atom. The summed E-state index contributed by atoms with van der Waals surface area (Å²) >= 11 is 4.28. The van der Waals surface area contributed by atoms with Gasteiger partial charge in [-0.15, -0.1) is 0 Å². The average Bonchev–Trinajstić information content (AvgIpc) is 3.18. The van der Waals surface area contributed by atoms with E-state index in [4.69, 9.17) is 4.74 Å². The molecule has 0 aromatic carbocycles. The van der Waals surface area contributed by atoms with Crippen LogP contribution in [0.25, 0.3) is 0 Å². The topological polar surface area (TPSA) is 67.4 Å². The number of aromatic nitrogens is 2. The molecule has 2 amide bonds. The third-order valence-electron chi connectivity index (χ3n) is 3.07. The number of hydrogen-bond acceptors (Lipinski definition) is 7. The summed E-state index contributed by atoms with van der Waals surface area (Å²) in [5, 5.41) is 8.08. The van der Waals surface area contributed by atoms with Gasteiger partial charge < -0.3 is 9.64 Å². The summed E-state index contributed by atoms with van der Waals surface area (Å²) in [4.78, 5) is 18.2. The van der Waals surface area contributed by atoms with Gasteiger partial charge in [0.05, 0.1) is 13.2 Å². The van der Waals surface area contributed by atoms with Crippen LogP contribution in [0.3, 0.4) is 0 Å². The van der Waals surface area contributed by atoms with Crippen LogP contribution >= 0.6 is 34.6 Å². The lowest BCUT2D eigenvalue weighted by Crippen LogP contribution is -2.44. The molecule has 0 radical (unpaired) electrons. The summed E-state index contributed by atoms with van der Waals surface area (Å²) in [5.74, 6) is 0. The Balaban J connectivity index is 1.61. The van der Waals surface area contributed by atoms with Gasteiger partial charge in [0.25, 0.3) is 0 Å². The minimum atomic E-state index is -0.151. The number of thiophene rings is 1. The first kappa shape index (κ1) is 14.8. The number of morpholine rings is 1. The second-order valence-corrected chi connectivity index (χ2v) is 6.68. The molecule has 2 aromatic heterocycles. The molecule has 3 heterocycles. The van der Waals surface area contributed by atoms with Crippen LogP contribution in [0.15, 0.2) is 22.0 Å². The molecule has 1 unspecified atom stereocenters. The normalized spacial score (nSPS) is 18.7. The third kappa shape index (κ3) is 3.54. The number of hydrogen-bond donors (Lipinski definition) is 1. The number of anilines is 1. The molecule has 0 spiro atoms. The van der Waals surface area contributed by atoms with Gasteiger partial charge in [-0.3, -0.25) is 5.32 Å². The zero-order valence-electron chi connectivity index (χ0n) is 11.3. The minimum absolute atomic E-state index is 0.0491. The third-order valence-corrected chi connectivity index (χ3v) is 5.07. The highest BCUT2D eigenvalue weighted by atomic mass is 32.2. The van der Waals surface area contributed by atoms with Gasteiger partial charge in [0.2, 0.25) is 10.3 Å². The van der Waals surface area contributed by atoms with Crippen LogP contribution in [0.2, 0.25) is 0 Å². The molecule has 6 nitrogen and oxygen atoms in total. The number of amides is 2. The van der Waals surface area contributed by atoms with Crippen molar-refractivity contribution in [1.29, 1.82) is 0 Å². The summed E-state index contributed by atoms with van der Waals surface area (Å²) in [6, 6.07) is 1.88.